The number of likely N-dealkylation sites (tertiary alicyclic amines) is 1. The van der Waals surface area contributed by atoms with Crippen LogP contribution in [0.1, 0.15) is 12.8 Å². The smallest absolute Gasteiger partial charge is 0.320 e. The van der Waals surface area contributed by atoms with Crippen LogP contribution in [0.4, 0.5) is 4.79 Å². The van der Waals surface area contributed by atoms with Gasteiger partial charge in [-0.05, 0) is 12.8 Å². The highest BCUT2D eigenvalue weighted by molar-refractivity contribution is 7.88. The third-order valence-corrected chi connectivity index (χ3v) is 5.32. The van der Waals surface area contributed by atoms with Crippen molar-refractivity contribution in [3.05, 3.63) is 0 Å². The summed E-state index contributed by atoms with van der Waals surface area (Å²) in [6.45, 7) is 2.08. The fourth-order valence-electron chi connectivity index (χ4n) is 2.76. The molecule has 0 radical (unpaired) electrons. The van der Waals surface area contributed by atoms with Crippen molar-refractivity contribution in [1.82, 2.24) is 14.1 Å². The Morgan fingerprint density at radius 3 is 2.19 bits per heavy atom. The molecule has 1 unspecified atom stereocenters. The minimum absolute atomic E-state index is 0.186. The Morgan fingerprint density at radius 2 is 1.67 bits per heavy atom. The molecule has 0 aromatic carbocycles. The predicted molar refractivity (Wildman–Crippen MR) is 75.3 cm³/mol. The molecule has 0 saturated carbocycles. The van der Waals surface area contributed by atoms with Gasteiger partial charge in [0.15, 0.2) is 0 Å². The Hall–Kier alpha value is -1.35. The van der Waals surface area contributed by atoms with Gasteiger partial charge in [-0.25, -0.2) is 13.2 Å². The van der Waals surface area contributed by atoms with Crippen LogP contribution in [0.5, 0.6) is 0 Å². The van der Waals surface area contributed by atoms with E-state index in [9.17, 15) is 18.0 Å². The van der Waals surface area contributed by atoms with Crippen LogP contribution in [0.2, 0.25) is 0 Å². The largest absolute Gasteiger partial charge is 0.481 e. The summed E-state index contributed by atoms with van der Waals surface area (Å²) in [4.78, 5) is 26.6. The van der Waals surface area contributed by atoms with Crippen LogP contribution in [-0.2, 0) is 14.8 Å². The molecule has 2 rings (SSSR count). The molecule has 0 aliphatic carbocycles. The highest BCUT2D eigenvalue weighted by atomic mass is 32.2. The second kappa shape index (κ2) is 6.18. The first-order valence-corrected chi connectivity index (χ1v) is 8.85. The summed E-state index contributed by atoms with van der Waals surface area (Å²) in [6, 6.07) is -0.186. The predicted octanol–water partition coefficient (Wildman–Crippen LogP) is -0.520. The lowest BCUT2D eigenvalue weighted by atomic mass is 9.98. The Bertz CT molecular complexity index is 513. The number of piperazine rings is 1. The van der Waals surface area contributed by atoms with Gasteiger partial charge >= 0.3 is 12.0 Å². The molecule has 2 fully saturated rings. The molecule has 2 aliphatic heterocycles. The zero-order valence-corrected chi connectivity index (χ0v) is 12.9. The second-order valence-corrected chi connectivity index (χ2v) is 7.54. The van der Waals surface area contributed by atoms with Gasteiger partial charge in [0.05, 0.1) is 12.2 Å². The van der Waals surface area contributed by atoms with Crippen molar-refractivity contribution in [3.8, 4) is 0 Å². The lowest BCUT2D eigenvalue weighted by Gasteiger charge is -2.38. The second-order valence-electron chi connectivity index (χ2n) is 5.56. The normalized spacial score (nSPS) is 24.9. The number of carbonyl (C=O) groups is 2. The summed E-state index contributed by atoms with van der Waals surface area (Å²) >= 11 is 0. The van der Waals surface area contributed by atoms with Gasteiger partial charge in [-0.3, -0.25) is 4.79 Å². The molecule has 1 N–H and O–H groups in total. The highest BCUT2D eigenvalue weighted by Gasteiger charge is 2.32. The summed E-state index contributed by atoms with van der Waals surface area (Å²) in [5, 5.41) is 9.05. The lowest BCUT2D eigenvalue weighted by molar-refractivity contribution is -0.143. The summed E-state index contributed by atoms with van der Waals surface area (Å²) in [5.74, 6) is -1.37. The van der Waals surface area contributed by atoms with Gasteiger partial charge in [-0.15, -0.1) is 0 Å². The van der Waals surface area contributed by atoms with Crippen molar-refractivity contribution in [3.63, 3.8) is 0 Å². The van der Waals surface area contributed by atoms with E-state index in [0.717, 1.165) is 6.26 Å². The molecular weight excluding hydrogens is 298 g/mol. The fraction of sp³-hybridized carbons (Fsp3) is 0.833. The number of rotatable bonds is 2. The first-order valence-electron chi connectivity index (χ1n) is 7.01. The minimum atomic E-state index is -3.22. The van der Waals surface area contributed by atoms with Crippen LogP contribution in [0.3, 0.4) is 0 Å². The Balaban J connectivity index is 1.91. The van der Waals surface area contributed by atoms with E-state index in [1.165, 1.54) is 4.31 Å². The number of carboxylic acids is 1. The van der Waals surface area contributed by atoms with Gasteiger partial charge in [0.25, 0.3) is 0 Å². The molecule has 1 atom stereocenters. The van der Waals surface area contributed by atoms with Crippen LogP contribution >= 0.6 is 0 Å². The first kappa shape index (κ1) is 16.0. The Labute approximate surface area is 124 Å². The molecule has 0 spiro atoms. The van der Waals surface area contributed by atoms with E-state index in [4.69, 9.17) is 5.11 Å². The summed E-state index contributed by atoms with van der Waals surface area (Å²) in [5.41, 5.74) is 0. The number of carboxylic acid groups (broad SMARTS) is 1. The van der Waals surface area contributed by atoms with Gasteiger partial charge in [-0.1, -0.05) is 0 Å². The van der Waals surface area contributed by atoms with Crippen LogP contribution in [-0.4, -0.2) is 85.2 Å². The third kappa shape index (κ3) is 3.85. The van der Waals surface area contributed by atoms with E-state index >= 15 is 0 Å². The topological polar surface area (TPSA) is 98.2 Å². The van der Waals surface area contributed by atoms with Gasteiger partial charge in [-0.2, -0.15) is 4.31 Å². The molecule has 2 heterocycles. The molecule has 9 heteroatoms. The SMILES string of the molecule is CS(=O)(=O)N1CCN(C(=O)N2CCCC(C(=O)O)C2)CC1. The van der Waals surface area contributed by atoms with Gasteiger partial charge in [0.2, 0.25) is 10.0 Å². The molecule has 120 valence electrons. The van der Waals surface area contributed by atoms with Gasteiger partial charge in [0.1, 0.15) is 0 Å². The van der Waals surface area contributed by atoms with E-state index in [2.05, 4.69) is 0 Å². The number of piperidine rings is 1. The van der Waals surface area contributed by atoms with Crippen LogP contribution in [0.15, 0.2) is 0 Å². The number of amides is 2. The standard InChI is InChI=1S/C12H21N3O5S/c1-21(19,20)15-7-5-13(6-8-15)12(18)14-4-2-3-10(9-14)11(16)17/h10H,2-9H2,1H3,(H,16,17). The number of hydrogen-bond acceptors (Lipinski definition) is 4. The monoisotopic (exact) mass is 319 g/mol. The molecule has 2 amide bonds. The van der Waals surface area contributed by atoms with E-state index in [0.29, 0.717) is 45.6 Å². The summed E-state index contributed by atoms with van der Waals surface area (Å²) in [6.07, 6.45) is 2.44. The fourth-order valence-corrected chi connectivity index (χ4v) is 3.59. The summed E-state index contributed by atoms with van der Waals surface area (Å²) < 4.78 is 24.2. The number of carbonyl (C=O) groups excluding carboxylic acids is 1. The maximum Gasteiger partial charge on any atom is 0.320 e. The van der Waals surface area contributed by atoms with Gasteiger partial charge < -0.3 is 14.9 Å². The number of sulfonamides is 1. The maximum absolute atomic E-state index is 12.4. The third-order valence-electron chi connectivity index (χ3n) is 4.02. The average molecular weight is 319 g/mol. The van der Waals surface area contributed by atoms with E-state index in [1.54, 1.807) is 9.80 Å². The number of nitrogens with zero attached hydrogens (tertiary/aromatic N) is 3. The Morgan fingerprint density at radius 1 is 1.05 bits per heavy atom. The van der Waals surface area contributed by atoms with Gasteiger partial charge in [0, 0.05) is 39.3 Å². The minimum Gasteiger partial charge on any atom is -0.481 e. The van der Waals surface area contributed by atoms with Crippen molar-refractivity contribution < 1.29 is 23.1 Å². The van der Waals surface area contributed by atoms with Crippen molar-refractivity contribution in [1.29, 1.82) is 0 Å². The van der Waals surface area contributed by atoms with Crippen LogP contribution < -0.4 is 0 Å². The average Bonchev–Trinajstić information content (AvgIpc) is 2.46. The van der Waals surface area contributed by atoms with Crippen molar-refractivity contribution in [2.24, 2.45) is 5.92 Å². The zero-order valence-electron chi connectivity index (χ0n) is 12.1. The van der Waals surface area contributed by atoms with Crippen LogP contribution in [0.25, 0.3) is 0 Å². The van der Waals surface area contributed by atoms with Crippen molar-refractivity contribution in [2.75, 3.05) is 45.5 Å². The first-order chi connectivity index (χ1) is 9.79. The summed E-state index contributed by atoms with van der Waals surface area (Å²) in [7, 11) is -3.22. The maximum atomic E-state index is 12.4. The van der Waals surface area contributed by atoms with Crippen molar-refractivity contribution >= 4 is 22.0 Å². The number of urea groups is 1. The molecule has 21 heavy (non-hydrogen) atoms. The van der Waals surface area contributed by atoms with E-state index in [-0.39, 0.29) is 12.6 Å². The number of hydrogen-bond donors (Lipinski definition) is 1. The van der Waals surface area contributed by atoms with E-state index in [1.807, 2.05) is 0 Å². The molecular formula is C12H21N3O5S. The molecule has 2 saturated heterocycles. The lowest BCUT2D eigenvalue weighted by Crippen LogP contribution is -2.55. The highest BCUT2D eigenvalue weighted by Crippen LogP contribution is 2.19. The quantitative estimate of drug-likeness (QED) is 0.738. The number of aliphatic carboxylic acids is 1. The van der Waals surface area contributed by atoms with E-state index < -0.39 is 21.9 Å². The Kier molecular flexibility index (Phi) is 4.72. The molecule has 2 aliphatic rings. The molecule has 0 bridgehead atoms. The molecule has 0 aromatic rings. The zero-order chi connectivity index (χ0) is 15.6. The van der Waals surface area contributed by atoms with Crippen molar-refractivity contribution in [2.45, 2.75) is 12.8 Å². The molecule has 0 aromatic heterocycles. The van der Waals surface area contributed by atoms with Crippen LogP contribution in [0, 0.1) is 5.92 Å². The molecule has 8 nitrogen and oxygen atoms in total.